The summed E-state index contributed by atoms with van der Waals surface area (Å²) in [6, 6.07) is 12.0. The summed E-state index contributed by atoms with van der Waals surface area (Å²) in [5.41, 5.74) is 2.06. The second-order valence-electron chi connectivity index (χ2n) is 3.63. The van der Waals surface area contributed by atoms with Crippen LogP contribution in [-0.4, -0.2) is 9.13 Å². The van der Waals surface area contributed by atoms with Crippen molar-refractivity contribution in [2.75, 3.05) is 0 Å². The van der Waals surface area contributed by atoms with E-state index in [4.69, 9.17) is 0 Å². The summed E-state index contributed by atoms with van der Waals surface area (Å²) in [6.45, 7) is 0. The van der Waals surface area contributed by atoms with Crippen LogP contribution in [0.3, 0.4) is 0 Å². The first-order chi connectivity index (χ1) is 7.61. The van der Waals surface area contributed by atoms with Gasteiger partial charge in [0.25, 0.3) is 0 Å². The van der Waals surface area contributed by atoms with Crippen molar-refractivity contribution in [3.8, 4) is 11.3 Å². The molecule has 3 nitrogen and oxygen atoms in total. The van der Waals surface area contributed by atoms with E-state index in [2.05, 4.69) is 6.07 Å². The summed E-state index contributed by atoms with van der Waals surface area (Å²) >= 11 is 1.30. The molecule has 0 aliphatic heterocycles. The zero-order valence-corrected chi connectivity index (χ0v) is 12.1. The summed E-state index contributed by atoms with van der Waals surface area (Å²) < 4.78 is 4.41. The molecule has 1 aromatic carbocycles. The van der Waals surface area contributed by atoms with E-state index in [1.165, 1.54) is 19.4 Å². The number of hydrogen-bond acceptors (Lipinski definition) is 1. The molecular weight excluding hydrogens is 372 g/mol. The van der Waals surface area contributed by atoms with Crippen LogP contribution >= 0.6 is 0 Å². The molecule has 0 fully saturated rings. The molecule has 0 amide bonds. The fourth-order valence-corrected chi connectivity index (χ4v) is 2.30. The Morgan fingerprint density at radius 1 is 1.06 bits per heavy atom. The van der Waals surface area contributed by atoms with Gasteiger partial charge in [0.2, 0.25) is 0 Å². The molecule has 0 atom stereocenters. The SMILES string of the molecule is Cn1c(-c2ccccc2)c[c](=[W])n(C)c1=O. The molecule has 0 aliphatic carbocycles. The van der Waals surface area contributed by atoms with E-state index < -0.39 is 0 Å². The molecule has 0 spiro atoms. The van der Waals surface area contributed by atoms with E-state index in [0.29, 0.717) is 0 Å². The van der Waals surface area contributed by atoms with Gasteiger partial charge >= 0.3 is 104 Å². The Labute approximate surface area is 104 Å². The average Bonchev–Trinajstić information content (AvgIpc) is 2.32. The van der Waals surface area contributed by atoms with Crippen molar-refractivity contribution in [3.63, 3.8) is 0 Å². The van der Waals surface area contributed by atoms with Gasteiger partial charge in [0, 0.05) is 0 Å². The maximum absolute atomic E-state index is 11.9. The Kier molecular flexibility index (Phi) is 3.06. The fourth-order valence-electron chi connectivity index (χ4n) is 1.62. The van der Waals surface area contributed by atoms with Gasteiger partial charge in [-0.25, -0.2) is 0 Å². The van der Waals surface area contributed by atoms with E-state index in [-0.39, 0.29) is 5.69 Å². The Bertz CT molecular complexity index is 626. The van der Waals surface area contributed by atoms with Gasteiger partial charge in [-0.05, 0) is 0 Å². The molecule has 0 saturated heterocycles. The molecule has 1 heterocycles. The molecule has 4 heteroatoms. The van der Waals surface area contributed by atoms with Crippen molar-refractivity contribution >= 4 is 0 Å². The summed E-state index contributed by atoms with van der Waals surface area (Å²) in [7, 11) is 3.61. The van der Waals surface area contributed by atoms with Crippen LogP contribution in [-0.2, 0) is 33.4 Å². The molecular formula is C12H12N2OW. The Balaban J connectivity index is 2.78. The van der Waals surface area contributed by atoms with Gasteiger partial charge in [0.1, 0.15) is 0 Å². The van der Waals surface area contributed by atoms with Gasteiger partial charge in [-0.3, -0.25) is 0 Å². The van der Waals surface area contributed by atoms with E-state index in [1.54, 1.807) is 23.2 Å². The van der Waals surface area contributed by atoms with Crippen molar-refractivity contribution in [1.82, 2.24) is 9.13 Å². The first kappa shape index (κ1) is 11.3. The zero-order chi connectivity index (χ0) is 11.7. The fraction of sp³-hybridized carbons (Fsp3) is 0.167. The first-order valence-electron chi connectivity index (χ1n) is 4.94. The van der Waals surface area contributed by atoms with Crippen LogP contribution in [0.25, 0.3) is 11.3 Å². The quantitative estimate of drug-likeness (QED) is 0.732. The second kappa shape index (κ2) is 4.34. The minimum atomic E-state index is 0.0198. The van der Waals surface area contributed by atoms with Crippen LogP contribution in [0.2, 0.25) is 0 Å². The van der Waals surface area contributed by atoms with Crippen molar-refractivity contribution in [2.45, 2.75) is 0 Å². The van der Waals surface area contributed by atoms with Crippen molar-refractivity contribution in [1.29, 1.82) is 0 Å². The number of nitrogens with zero attached hydrogens (tertiary/aromatic N) is 2. The Hall–Kier alpha value is -1.21. The molecule has 16 heavy (non-hydrogen) atoms. The van der Waals surface area contributed by atoms with Crippen molar-refractivity contribution < 1.29 is 19.4 Å². The summed E-state index contributed by atoms with van der Waals surface area (Å²) in [4.78, 5) is 11.9. The normalized spacial score (nSPS) is 10.4. The van der Waals surface area contributed by atoms with Gasteiger partial charge in [0.15, 0.2) is 0 Å². The molecule has 2 aromatic rings. The minimum absolute atomic E-state index is 0.0198. The van der Waals surface area contributed by atoms with Gasteiger partial charge in [-0.2, -0.15) is 0 Å². The Morgan fingerprint density at radius 3 is 2.31 bits per heavy atom. The predicted octanol–water partition coefficient (Wildman–Crippen LogP) is 1.47. The average molecular weight is 384 g/mol. The Morgan fingerprint density at radius 2 is 1.69 bits per heavy atom. The van der Waals surface area contributed by atoms with Crippen LogP contribution in [0.1, 0.15) is 0 Å². The van der Waals surface area contributed by atoms with Crippen LogP contribution in [0, 0.1) is 3.67 Å². The predicted molar refractivity (Wildman–Crippen MR) is 59.3 cm³/mol. The topological polar surface area (TPSA) is 26.9 Å². The summed E-state index contributed by atoms with van der Waals surface area (Å²) in [5, 5.41) is 0. The van der Waals surface area contributed by atoms with E-state index in [9.17, 15) is 4.79 Å². The number of hydrogen-bond donors (Lipinski definition) is 0. The van der Waals surface area contributed by atoms with Crippen LogP contribution in [0.5, 0.6) is 0 Å². The monoisotopic (exact) mass is 384 g/mol. The number of rotatable bonds is 1. The zero-order valence-electron chi connectivity index (χ0n) is 9.18. The van der Waals surface area contributed by atoms with Gasteiger partial charge in [-0.15, -0.1) is 0 Å². The van der Waals surface area contributed by atoms with Crippen LogP contribution in [0.4, 0.5) is 0 Å². The third kappa shape index (κ3) is 1.87. The van der Waals surface area contributed by atoms with Crippen LogP contribution < -0.4 is 5.69 Å². The molecule has 0 radical (unpaired) electrons. The van der Waals surface area contributed by atoms with E-state index >= 15 is 0 Å². The maximum atomic E-state index is 11.9. The summed E-state index contributed by atoms with van der Waals surface area (Å²) in [5.74, 6) is 0. The molecule has 0 unspecified atom stereocenters. The van der Waals surface area contributed by atoms with Gasteiger partial charge in [0.05, 0.1) is 0 Å². The van der Waals surface area contributed by atoms with Gasteiger partial charge in [-0.1, -0.05) is 0 Å². The molecule has 1 aromatic heterocycles. The molecule has 0 N–H and O–H groups in total. The molecule has 0 bridgehead atoms. The second-order valence-corrected chi connectivity index (χ2v) is 5.14. The van der Waals surface area contributed by atoms with Crippen molar-refractivity contribution in [3.05, 3.63) is 50.6 Å². The molecule has 2 rings (SSSR count). The summed E-state index contributed by atoms with van der Waals surface area (Å²) in [6.07, 6.45) is 0. The number of benzene rings is 1. The van der Waals surface area contributed by atoms with Crippen molar-refractivity contribution in [2.24, 2.45) is 14.1 Å². The first-order valence-corrected chi connectivity index (χ1v) is 6.40. The molecule has 0 saturated carbocycles. The van der Waals surface area contributed by atoms with Gasteiger partial charge < -0.3 is 0 Å². The number of aromatic nitrogens is 2. The van der Waals surface area contributed by atoms with Crippen LogP contribution in [0.15, 0.2) is 41.2 Å². The molecule has 0 aliphatic rings. The third-order valence-corrected chi connectivity index (χ3v) is 4.00. The molecule has 82 valence electrons. The standard InChI is InChI=1S/C12H12N2O.W/c1-13-9-8-11(14(2)12(13)15)10-6-4-3-5-7-10;/h3-8H,1-2H3;. The van der Waals surface area contributed by atoms with E-state index in [1.807, 2.05) is 30.3 Å². The third-order valence-electron chi connectivity index (χ3n) is 2.60. The van der Waals surface area contributed by atoms with E-state index in [0.717, 1.165) is 14.9 Å².